The molecular weight excluding hydrogens is 437 g/mol. The van der Waals surface area contributed by atoms with Crippen molar-refractivity contribution in [2.24, 2.45) is 0 Å². The molecule has 2 aliphatic heterocycles. The molecule has 8 nitrogen and oxygen atoms in total. The molecule has 0 spiro atoms. The molecule has 2 aromatic carbocycles. The van der Waals surface area contributed by atoms with Crippen LogP contribution in [0, 0.1) is 5.82 Å². The first-order valence-electron chi connectivity index (χ1n) is 11.6. The third kappa shape index (κ3) is 4.67. The number of amides is 1. The number of aliphatic hydroxyl groups is 1. The zero-order valence-corrected chi connectivity index (χ0v) is 19.1. The lowest BCUT2D eigenvalue weighted by Crippen LogP contribution is -2.36. The SMILES string of the molecule is CC(Nc1cccc(F)c1)c1cc(C(=O)N2CC[C@@H](O)C2)cc2ncc(N3CCOCC3)nc12. The lowest BCUT2D eigenvalue weighted by Gasteiger charge is -2.28. The van der Waals surface area contributed by atoms with Crippen molar-refractivity contribution in [3.05, 3.63) is 59.5 Å². The van der Waals surface area contributed by atoms with Crippen molar-refractivity contribution < 1.29 is 19.0 Å². The van der Waals surface area contributed by atoms with Gasteiger partial charge in [-0.3, -0.25) is 9.78 Å². The number of hydrogen-bond acceptors (Lipinski definition) is 7. The third-order valence-electron chi connectivity index (χ3n) is 6.37. The van der Waals surface area contributed by atoms with Crippen molar-refractivity contribution in [3.63, 3.8) is 0 Å². The van der Waals surface area contributed by atoms with Crippen LogP contribution in [0.5, 0.6) is 0 Å². The monoisotopic (exact) mass is 465 g/mol. The molecule has 34 heavy (non-hydrogen) atoms. The molecule has 1 aromatic heterocycles. The van der Waals surface area contributed by atoms with E-state index >= 15 is 0 Å². The molecule has 1 amide bonds. The first-order valence-corrected chi connectivity index (χ1v) is 11.6. The number of carbonyl (C=O) groups excluding carboxylic acids is 1. The van der Waals surface area contributed by atoms with Gasteiger partial charge in [0.15, 0.2) is 0 Å². The first kappa shape index (κ1) is 22.5. The van der Waals surface area contributed by atoms with E-state index in [1.165, 1.54) is 12.1 Å². The number of rotatable bonds is 5. The highest BCUT2D eigenvalue weighted by atomic mass is 19.1. The Balaban J connectivity index is 1.55. The number of nitrogens with one attached hydrogen (secondary N) is 1. The summed E-state index contributed by atoms with van der Waals surface area (Å²) in [6.07, 6.45) is 1.82. The Morgan fingerprint density at radius 2 is 2.06 bits per heavy atom. The largest absolute Gasteiger partial charge is 0.391 e. The van der Waals surface area contributed by atoms with Gasteiger partial charge < -0.3 is 25.0 Å². The van der Waals surface area contributed by atoms with E-state index < -0.39 is 6.10 Å². The van der Waals surface area contributed by atoms with Crippen molar-refractivity contribution in [2.45, 2.75) is 25.5 Å². The van der Waals surface area contributed by atoms with E-state index in [1.54, 1.807) is 29.3 Å². The Kier molecular flexibility index (Phi) is 6.30. The topological polar surface area (TPSA) is 90.8 Å². The molecule has 1 unspecified atom stereocenters. The summed E-state index contributed by atoms with van der Waals surface area (Å²) in [7, 11) is 0. The number of carbonyl (C=O) groups is 1. The Bertz CT molecular complexity index is 1200. The van der Waals surface area contributed by atoms with Gasteiger partial charge in [-0.1, -0.05) is 6.07 Å². The van der Waals surface area contributed by atoms with Gasteiger partial charge in [-0.05, 0) is 43.7 Å². The zero-order chi connectivity index (χ0) is 23.7. The Hall–Kier alpha value is -3.30. The highest BCUT2D eigenvalue weighted by Gasteiger charge is 2.27. The predicted octanol–water partition coefficient (Wildman–Crippen LogP) is 2.99. The molecule has 3 aromatic rings. The van der Waals surface area contributed by atoms with Gasteiger partial charge in [0.2, 0.25) is 0 Å². The minimum Gasteiger partial charge on any atom is -0.391 e. The molecule has 2 fully saturated rings. The second-order valence-corrected chi connectivity index (χ2v) is 8.83. The number of halogens is 1. The molecule has 0 bridgehead atoms. The smallest absolute Gasteiger partial charge is 0.254 e. The number of benzene rings is 2. The standard InChI is InChI=1S/C25H28FN5O3/c1-16(28-19-4-2-3-18(26)13-19)21-11-17(25(33)31-6-5-20(32)15-31)12-22-24(21)29-23(14-27-22)30-7-9-34-10-8-30/h2-4,11-14,16,20,28,32H,5-10,15H2,1H3/t16?,20-/m1/s1. The number of likely N-dealkylation sites (tertiary alicyclic amines) is 1. The van der Waals surface area contributed by atoms with Gasteiger partial charge in [0, 0.05) is 43.0 Å². The number of aromatic nitrogens is 2. The van der Waals surface area contributed by atoms with Crippen LogP contribution in [0.25, 0.3) is 11.0 Å². The van der Waals surface area contributed by atoms with Crippen LogP contribution in [-0.4, -0.2) is 71.4 Å². The van der Waals surface area contributed by atoms with Crippen molar-refractivity contribution in [1.82, 2.24) is 14.9 Å². The lowest BCUT2D eigenvalue weighted by atomic mass is 10.0. The van der Waals surface area contributed by atoms with Gasteiger partial charge in [0.25, 0.3) is 5.91 Å². The zero-order valence-electron chi connectivity index (χ0n) is 19.1. The Morgan fingerprint density at radius 3 is 2.79 bits per heavy atom. The lowest BCUT2D eigenvalue weighted by molar-refractivity contribution is 0.0765. The number of nitrogens with zero attached hydrogens (tertiary/aromatic N) is 4. The fourth-order valence-corrected chi connectivity index (χ4v) is 4.55. The maximum absolute atomic E-state index is 13.8. The molecular formula is C25H28FN5O3. The van der Waals surface area contributed by atoms with E-state index in [2.05, 4.69) is 15.2 Å². The number of hydrogen-bond donors (Lipinski definition) is 2. The van der Waals surface area contributed by atoms with Crippen LogP contribution in [0.4, 0.5) is 15.9 Å². The summed E-state index contributed by atoms with van der Waals surface area (Å²) in [5.74, 6) is 0.293. The van der Waals surface area contributed by atoms with Crippen LogP contribution in [0.2, 0.25) is 0 Å². The van der Waals surface area contributed by atoms with Crippen LogP contribution in [0.3, 0.4) is 0 Å². The van der Waals surface area contributed by atoms with E-state index in [0.717, 1.165) is 24.5 Å². The van der Waals surface area contributed by atoms with Gasteiger partial charge in [0.1, 0.15) is 11.6 Å². The molecule has 5 rings (SSSR count). The second-order valence-electron chi connectivity index (χ2n) is 8.83. The molecule has 2 aliphatic rings. The number of fused-ring (bicyclic) bond motifs is 1. The van der Waals surface area contributed by atoms with E-state index in [1.807, 2.05) is 13.0 Å². The van der Waals surface area contributed by atoms with Gasteiger partial charge in [-0.15, -0.1) is 0 Å². The van der Waals surface area contributed by atoms with Gasteiger partial charge in [0.05, 0.1) is 42.6 Å². The summed E-state index contributed by atoms with van der Waals surface area (Å²) in [5, 5.41) is 13.2. The summed E-state index contributed by atoms with van der Waals surface area (Å²) in [6.45, 7) is 5.55. The molecule has 2 atom stereocenters. The van der Waals surface area contributed by atoms with Crippen molar-refractivity contribution >= 4 is 28.4 Å². The molecule has 0 radical (unpaired) electrons. The minimum atomic E-state index is -0.492. The fraction of sp³-hybridized carbons (Fsp3) is 0.400. The van der Waals surface area contributed by atoms with Crippen LogP contribution in [-0.2, 0) is 4.74 Å². The Morgan fingerprint density at radius 1 is 1.24 bits per heavy atom. The molecule has 0 aliphatic carbocycles. The first-order chi connectivity index (χ1) is 16.5. The van der Waals surface area contributed by atoms with Crippen molar-refractivity contribution in [2.75, 3.05) is 49.6 Å². The fourth-order valence-electron chi connectivity index (χ4n) is 4.55. The van der Waals surface area contributed by atoms with Gasteiger partial charge >= 0.3 is 0 Å². The van der Waals surface area contributed by atoms with Crippen molar-refractivity contribution in [3.8, 4) is 0 Å². The van der Waals surface area contributed by atoms with Crippen LogP contribution < -0.4 is 10.2 Å². The van der Waals surface area contributed by atoms with Crippen LogP contribution in [0.15, 0.2) is 42.6 Å². The number of morpholine rings is 1. The van der Waals surface area contributed by atoms with Crippen molar-refractivity contribution in [1.29, 1.82) is 0 Å². The molecule has 3 heterocycles. The molecule has 2 N–H and O–H groups in total. The van der Waals surface area contributed by atoms with E-state index in [-0.39, 0.29) is 17.8 Å². The van der Waals surface area contributed by atoms with Gasteiger partial charge in [-0.25, -0.2) is 9.37 Å². The second kappa shape index (κ2) is 9.52. The number of anilines is 2. The Labute approximate surface area is 197 Å². The summed E-state index contributed by atoms with van der Waals surface area (Å²) in [5.41, 5.74) is 3.24. The highest BCUT2D eigenvalue weighted by molar-refractivity contribution is 5.98. The molecule has 0 saturated carbocycles. The predicted molar refractivity (Wildman–Crippen MR) is 128 cm³/mol. The number of aliphatic hydroxyl groups excluding tert-OH is 1. The van der Waals surface area contributed by atoms with E-state index in [0.29, 0.717) is 55.0 Å². The molecule has 2 saturated heterocycles. The van der Waals surface area contributed by atoms with Gasteiger partial charge in [-0.2, -0.15) is 0 Å². The maximum atomic E-state index is 13.8. The molecule has 178 valence electrons. The average molecular weight is 466 g/mol. The van der Waals surface area contributed by atoms with E-state index in [9.17, 15) is 14.3 Å². The maximum Gasteiger partial charge on any atom is 0.254 e. The summed E-state index contributed by atoms with van der Waals surface area (Å²) < 4.78 is 19.2. The summed E-state index contributed by atoms with van der Waals surface area (Å²) in [4.78, 5) is 26.6. The molecule has 9 heteroatoms. The number of ether oxygens (including phenoxy) is 1. The normalized spacial score (nSPS) is 19.4. The van der Waals surface area contributed by atoms with Crippen LogP contribution in [0.1, 0.15) is 35.3 Å². The average Bonchev–Trinajstić information content (AvgIpc) is 3.29. The minimum absolute atomic E-state index is 0.142. The summed E-state index contributed by atoms with van der Waals surface area (Å²) in [6, 6.07) is 9.61. The summed E-state index contributed by atoms with van der Waals surface area (Å²) >= 11 is 0. The van der Waals surface area contributed by atoms with Crippen LogP contribution >= 0.6 is 0 Å². The third-order valence-corrected chi connectivity index (χ3v) is 6.37. The highest BCUT2D eigenvalue weighted by Crippen LogP contribution is 2.29. The van der Waals surface area contributed by atoms with E-state index in [4.69, 9.17) is 9.72 Å². The quantitative estimate of drug-likeness (QED) is 0.599. The number of β-amino-alcohol motifs (C(OH)–C–C–N with tert-alkyl or cyclic N) is 1.